The van der Waals surface area contributed by atoms with E-state index < -0.39 is 11.7 Å². The highest BCUT2D eigenvalue weighted by Gasteiger charge is 2.63. The molecule has 3 rings (SSSR count). The van der Waals surface area contributed by atoms with Crippen molar-refractivity contribution in [1.82, 2.24) is 0 Å². The minimum absolute atomic E-state index is 0.190. The second-order valence-corrected chi connectivity index (χ2v) is 7.42. The largest absolute Gasteiger partial charge is 0.497 e. The van der Waals surface area contributed by atoms with Gasteiger partial charge in [-0.15, -0.1) is 0 Å². The number of aliphatic hydroxyl groups is 3. The van der Waals surface area contributed by atoms with Crippen LogP contribution in [-0.4, -0.2) is 47.3 Å². The Bertz CT molecular complexity index is 710. The number of benzene rings is 1. The number of methoxy groups -OCH3 is 1. The first kappa shape index (κ1) is 19.1. The Morgan fingerprint density at radius 2 is 1.85 bits per heavy atom. The molecular formula is C21H28O5. The highest BCUT2D eigenvalue weighted by Crippen LogP contribution is 2.64. The third-order valence-electron chi connectivity index (χ3n) is 6.05. The molecular weight excluding hydrogens is 332 g/mol. The standard InChI is InChI=1S/C21H28O5/c1-14-18(13-26-12-15-4-6-16(25-3)7-5-15)17(8-11-22)19(23)20(2,24)21(14)9-10-21/h4-8,19,22-24H,9-13H2,1-3H3/b17-8-/t19-,20-/m0/s1. The fourth-order valence-corrected chi connectivity index (χ4v) is 4.14. The molecule has 1 aromatic rings. The average Bonchev–Trinajstić information content (AvgIpc) is 3.44. The van der Waals surface area contributed by atoms with E-state index in [0.717, 1.165) is 35.3 Å². The molecule has 0 heterocycles. The first-order valence-electron chi connectivity index (χ1n) is 9.00. The van der Waals surface area contributed by atoms with Crippen molar-refractivity contribution in [3.05, 3.63) is 52.6 Å². The Labute approximate surface area is 154 Å². The highest BCUT2D eigenvalue weighted by atomic mass is 16.5. The summed E-state index contributed by atoms with van der Waals surface area (Å²) >= 11 is 0. The molecule has 0 aromatic heterocycles. The van der Waals surface area contributed by atoms with Crippen molar-refractivity contribution in [1.29, 1.82) is 0 Å². The Hall–Kier alpha value is -1.66. The lowest BCUT2D eigenvalue weighted by Crippen LogP contribution is -2.52. The summed E-state index contributed by atoms with van der Waals surface area (Å²) in [6.07, 6.45) is 2.26. The summed E-state index contributed by atoms with van der Waals surface area (Å²) in [4.78, 5) is 0. The number of ether oxygens (including phenoxy) is 2. The van der Waals surface area contributed by atoms with Gasteiger partial charge in [-0.3, -0.25) is 0 Å². The van der Waals surface area contributed by atoms with Gasteiger partial charge in [-0.2, -0.15) is 0 Å². The van der Waals surface area contributed by atoms with Crippen LogP contribution >= 0.6 is 0 Å². The molecule has 2 aliphatic rings. The van der Waals surface area contributed by atoms with Gasteiger partial charge in [-0.25, -0.2) is 0 Å². The maximum Gasteiger partial charge on any atom is 0.118 e. The van der Waals surface area contributed by atoms with Crippen molar-refractivity contribution >= 4 is 0 Å². The second kappa shape index (κ2) is 7.16. The van der Waals surface area contributed by atoms with Gasteiger partial charge >= 0.3 is 0 Å². The molecule has 5 heteroatoms. The molecule has 1 aromatic carbocycles. The maximum atomic E-state index is 10.9. The van der Waals surface area contributed by atoms with Gasteiger partial charge in [0.15, 0.2) is 0 Å². The number of hydrogen-bond donors (Lipinski definition) is 3. The first-order valence-corrected chi connectivity index (χ1v) is 9.00. The van der Waals surface area contributed by atoms with E-state index in [2.05, 4.69) is 0 Å². The predicted molar refractivity (Wildman–Crippen MR) is 98.8 cm³/mol. The second-order valence-electron chi connectivity index (χ2n) is 7.42. The summed E-state index contributed by atoms with van der Waals surface area (Å²) in [5, 5.41) is 31.0. The first-order chi connectivity index (χ1) is 12.4. The van der Waals surface area contributed by atoms with Crippen LogP contribution in [0.1, 0.15) is 32.3 Å². The fourth-order valence-electron chi connectivity index (χ4n) is 4.14. The summed E-state index contributed by atoms with van der Waals surface area (Å²) < 4.78 is 11.1. The van der Waals surface area contributed by atoms with Crippen LogP contribution in [0.5, 0.6) is 5.75 Å². The maximum absolute atomic E-state index is 10.9. The van der Waals surface area contributed by atoms with E-state index in [1.165, 1.54) is 0 Å². The highest BCUT2D eigenvalue weighted by molar-refractivity contribution is 5.50. The van der Waals surface area contributed by atoms with Gasteiger partial charge in [0.2, 0.25) is 0 Å². The zero-order valence-electron chi connectivity index (χ0n) is 15.7. The van der Waals surface area contributed by atoms with Gasteiger partial charge in [0, 0.05) is 5.41 Å². The average molecular weight is 360 g/mol. The third kappa shape index (κ3) is 3.09. The Morgan fingerprint density at radius 1 is 1.19 bits per heavy atom. The van der Waals surface area contributed by atoms with Crippen LogP contribution in [0.3, 0.4) is 0 Å². The van der Waals surface area contributed by atoms with Gasteiger partial charge in [0.1, 0.15) is 17.5 Å². The van der Waals surface area contributed by atoms with Crippen LogP contribution in [0.4, 0.5) is 0 Å². The van der Waals surface area contributed by atoms with Gasteiger partial charge in [-0.05, 0) is 55.5 Å². The molecule has 0 bridgehead atoms. The summed E-state index contributed by atoms with van der Waals surface area (Å²) in [5.41, 5.74) is 1.95. The Balaban J connectivity index is 1.78. The summed E-state index contributed by atoms with van der Waals surface area (Å²) in [5.74, 6) is 0.800. The molecule has 2 atom stereocenters. The summed E-state index contributed by atoms with van der Waals surface area (Å²) in [7, 11) is 1.63. The van der Waals surface area contributed by atoms with Gasteiger partial charge < -0.3 is 24.8 Å². The zero-order valence-corrected chi connectivity index (χ0v) is 15.7. The van der Waals surface area contributed by atoms with Crippen LogP contribution < -0.4 is 4.74 Å². The zero-order chi connectivity index (χ0) is 18.9. The number of rotatable bonds is 6. The lowest BCUT2D eigenvalue weighted by atomic mass is 9.66. The van der Waals surface area contributed by atoms with Crippen LogP contribution in [0.25, 0.3) is 0 Å². The van der Waals surface area contributed by atoms with Crippen LogP contribution in [0, 0.1) is 5.41 Å². The van der Waals surface area contributed by atoms with E-state index in [1.54, 1.807) is 20.1 Å². The molecule has 0 unspecified atom stereocenters. The smallest absolute Gasteiger partial charge is 0.118 e. The van der Waals surface area contributed by atoms with Crippen molar-refractivity contribution in [2.24, 2.45) is 5.41 Å². The minimum atomic E-state index is -1.22. The lowest BCUT2D eigenvalue weighted by molar-refractivity contribution is -0.0906. The molecule has 142 valence electrons. The van der Waals surface area contributed by atoms with E-state index in [0.29, 0.717) is 18.8 Å². The van der Waals surface area contributed by atoms with Crippen molar-refractivity contribution in [3.8, 4) is 5.75 Å². The van der Waals surface area contributed by atoms with Crippen LogP contribution in [0.2, 0.25) is 0 Å². The van der Waals surface area contributed by atoms with E-state index in [9.17, 15) is 15.3 Å². The number of aliphatic hydroxyl groups excluding tert-OH is 2. The molecule has 3 N–H and O–H groups in total. The minimum Gasteiger partial charge on any atom is -0.497 e. The summed E-state index contributed by atoms with van der Waals surface area (Å²) in [6.45, 7) is 4.27. The van der Waals surface area contributed by atoms with Gasteiger partial charge in [0.25, 0.3) is 0 Å². The Kier molecular flexibility index (Phi) is 5.26. The summed E-state index contributed by atoms with van der Waals surface area (Å²) in [6, 6.07) is 7.68. The van der Waals surface area contributed by atoms with Crippen molar-refractivity contribution in [2.75, 3.05) is 20.3 Å². The molecule has 1 fully saturated rings. The molecule has 2 aliphatic carbocycles. The van der Waals surface area contributed by atoms with E-state index in [1.807, 2.05) is 31.2 Å². The van der Waals surface area contributed by atoms with Crippen LogP contribution in [0.15, 0.2) is 47.1 Å². The van der Waals surface area contributed by atoms with E-state index >= 15 is 0 Å². The molecule has 0 saturated heterocycles. The molecule has 0 amide bonds. The monoisotopic (exact) mass is 360 g/mol. The van der Waals surface area contributed by atoms with Crippen molar-refractivity contribution < 1.29 is 24.8 Å². The normalized spacial score (nSPS) is 28.7. The van der Waals surface area contributed by atoms with E-state index in [4.69, 9.17) is 9.47 Å². The number of hydrogen-bond acceptors (Lipinski definition) is 5. The molecule has 1 saturated carbocycles. The van der Waals surface area contributed by atoms with Crippen molar-refractivity contribution in [2.45, 2.75) is 45.0 Å². The molecule has 0 aliphatic heterocycles. The van der Waals surface area contributed by atoms with Crippen LogP contribution in [-0.2, 0) is 11.3 Å². The SMILES string of the molecule is COc1ccc(COCC2=C(C)C3(CC3)[C@@](C)(O)[C@@H](O)/C2=C\CO)cc1. The fraction of sp³-hybridized carbons (Fsp3) is 0.524. The topological polar surface area (TPSA) is 79.2 Å². The van der Waals surface area contributed by atoms with Gasteiger partial charge in [0.05, 0.1) is 26.9 Å². The quantitative estimate of drug-likeness (QED) is 0.726. The molecule has 0 radical (unpaired) electrons. The van der Waals surface area contributed by atoms with Gasteiger partial charge in [-0.1, -0.05) is 23.8 Å². The molecule has 26 heavy (non-hydrogen) atoms. The molecule has 5 nitrogen and oxygen atoms in total. The third-order valence-corrected chi connectivity index (χ3v) is 6.05. The van der Waals surface area contributed by atoms with Crippen molar-refractivity contribution in [3.63, 3.8) is 0 Å². The molecule has 1 spiro atoms. The van der Waals surface area contributed by atoms with E-state index in [-0.39, 0.29) is 12.0 Å². The predicted octanol–water partition coefficient (Wildman–Crippen LogP) is 2.35. The lowest BCUT2D eigenvalue weighted by Gasteiger charge is -2.45. The Morgan fingerprint density at radius 3 is 2.38 bits per heavy atom.